The molecule has 1 amide bonds. The molecule has 0 aliphatic rings. The molecule has 0 rings (SSSR count). The van der Waals surface area contributed by atoms with E-state index in [1.165, 1.54) is 148 Å². The first-order chi connectivity index (χ1) is 21.7. The average molecular weight is 622 g/mol. The Bertz CT molecular complexity index is 636. The predicted octanol–water partition coefficient (Wildman–Crippen LogP) is 11.3. The van der Waals surface area contributed by atoms with Crippen LogP contribution in [0, 0.1) is 0 Å². The number of unbranched alkanes of at least 4 members (excludes halogenated alkanes) is 26. The molecule has 0 aromatic rings. The summed E-state index contributed by atoms with van der Waals surface area (Å²) in [5, 5.41) is 12.2. The highest BCUT2D eigenvalue weighted by atomic mass is 16.5. The third kappa shape index (κ3) is 32.0. The molecule has 0 heterocycles. The molecule has 0 fully saturated rings. The maximum Gasteiger partial charge on any atom is 0.331 e. The van der Waals surface area contributed by atoms with Crippen molar-refractivity contribution < 1.29 is 19.4 Å². The normalized spacial score (nSPS) is 12.2. The molecule has 0 saturated carbocycles. The van der Waals surface area contributed by atoms with Gasteiger partial charge in [0.2, 0.25) is 5.91 Å². The van der Waals surface area contributed by atoms with Gasteiger partial charge in [-0.25, -0.2) is 4.79 Å². The number of hydrogen-bond donors (Lipinski definition) is 2. The topological polar surface area (TPSA) is 75.6 Å². The van der Waals surface area contributed by atoms with E-state index in [4.69, 9.17) is 4.74 Å². The first kappa shape index (κ1) is 42.6. The largest absolute Gasteiger partial charge is 0.464 e. The van der Waals surface area contributed by atoms with Gasteiger partial charge in [-0.05, 0) is 38.5 Å². The standard InChI is InChI=1S/C39H75NO4/c1-3-5-7-9-11-13-15-17-19-21-23-25-27-29-31-33-35-44-39(43)37(36-41)40-38(42)34-32-30-28-26-24-22-20-18-16-14-12-10-8-6-4-2/h18,20,37,41H,3-17,19,21-36H2,1-2H3,(H,40,42)/b20-18+/t37-/m0/s1. The van der Waals surface area contributed by atoms with Crippen molar-refractivity contribution in [2.45, 2.75) is 213 Å². The minimum atomic E-state index is -0.952. The van der Waals surface area contributed by atoms with E-state index >= 15 is 0 Å². The van der Waals surface area contributed by atoms with Crippen LogP contribution in [-0.4, -0.2) is 36.2 Å². The molecule has 5 nitrogen and oxygen atoms in total. The van der Waals surface area contributed by atoms with Gasteiger partial charge < -0.3 is 15.2 Å². The van der Waals surface area contributed by atoms with Crippen LogP contribution in [0.2, 0.25) is 0 Å². The zero-order chi connectivity index (χ0) is 32.2. The van der Waals surface area contributed by atoms with Crippen LogP contribution in [-0.2, 0) is 14.3 Å². The summed E-state index contributed by atoms with van der Waals surface area (Å²) in [4.78, 5) is 24.5. The van der Waals surface area contributed by atoms with Gasteiger partial charge in [0.05, 0.1) is 13.2 Å². The number of esters is 1. The molecule has 0 aromatic heterocycles. The van der Waals surface area contributed by atoms with Crippen LogP contribution in [0.4, 0.5) is 0 Å². The van der Waals surface area contributed by atoms with E-state index in [9.17, 15) is 14.7 Å². The number of aliphatic hydroxyl groups excluding tert-OH is 1. The number of aliphatic hydroxyl groups is 1. The van der Waals surface area contributed by atoms with Crippen molar-refractivity contribution in [3.05, 3.63) is 12.2 Å². The van der Waals surface area contributed by atoms with Gasteiger partial charge in [0.15, 0.2) is 6.04 Å². The number of carbonyl (C=O) groups is 2. The van der Waals surface area contributed by atoms with E-state index in [-0.39, 0.29) is 5.91 Å². The van der Waals surface area contributed by atoms with Crippen molar-refractivity contribution in [3.63, 3.8) is 0 Å². The smallest absolute Gasteiger partial charge is 0.331 e. The molecular weight excluding hydrogens is 546 g/mol. The summed E-state index contributed by atoms with van der Waals surface area (Å²) in [5.41, 5.74) is 0. The molecular formula is C39H75NO4. The fourth-order valence-corrected chi connectivity index (χ4v) is 5.73. The maximum absolute atomic E-state index is 12.3. The van der Waals surface area contributed by atoms with Crippen LogP contribution in [0.5, 0.6) is 0 Å². The molecule has 0 unspecified atom stereocenters. The van der Waals surface area contributed by atoms with Gasteiger partial charge in [0, 0.05) is 6.42 Å². The number of allylic oxidation sites excluding steroid dienone is 2. The Morgan fingerprint density at radius 1 is 0.545 bits per heavy atom. The van der Waals surface area contributed by atoms with Gasteiger partial charge in [0.1, 0.15) is 0 Å². The summed E-state index contributed by atoms with van der Waals surface area (Å²) >= 11 is 0. The summed E-state index contributed by atoms with van der Waals surface area (Å²) in [7, 11) is 0. The van der Waals surface area contributed by atoms with E-state index in [0.717, 1.165) is 38.5 Å². The van der Waals surface area contributed by atoms with Gasteiger partial charge >= 0.3 is 5.97 Å². The lowest BCUT2D eigenvalue weighted by Gasteiger charge is -2.15. The molecule has 1 atom stereocenters. The van der Waals surface area contributed by atoms with Crippen LogP contribution in [0.15, 0.2) is 12.2 Å². The highest BCUT2D eigenvalue weighted by molar-refractivity contribution is 5.84. The molecule has 0 radical (unpaired) electrons. The molecule has 5 heteroatoms. The van der Waals surface area contributed by atoms with Gasteiger partial charge in [-0.2, -0.15) is 0 Å². The molecule has 0 aliphatic heterocycles. The zero-order valence-corrected chi connectivity index (χ0v) is 29.5. The summed E-state index contributed by atoms with van der Waals surface area (Å²) in [6.07, 6.45) is 41.8. The molecule has 2 N–H and O–H groups in total. The van der Waals surface area contributed by atoms with Crippen molar-refractivity contribution in [1.82, 2.24) is 5.32 Å². The Labute approximate surface area is 274 Å². The van der Waals surface area contributed by atoms with Crippen LogP contribution >= 0.6 is 0 Å². The Morgan fingerprint density at radius 3 is 1.32 bits per heavy atom. The number of ether oxygens (including phenoxy) is 1. The van der Waals surface area contributed by atoms with Crippen LogP contribution in [0.25, 0.3) is 0 Å². The second-order valence-electron chi connectivity index (χ2n) is 13.1. The number of rotatable bonds is 35. The van der Waals surface area contributed by atoms with Crippen molar-refractivity contribution >= 4 is 11.9 Å². The van der Waals surface area contributed by atoms with Crippen LogP contribution in [0.3, 0.4) is 0 Å². The van der Waals surface area contributed by atoms with Crippen molar-refractivity contribution in [2.24, 2.45) is 0 Å². The van der Waals surface area contributed by atoms with Crippen molar-refractivity contribution in [3.8, 4) is 0 Å². The molecule has 0 aromatic carbocycles. The SMILES string of the molecule is CCCCCCCC/C=C/CCCCCCCC(=O)N[C@@H](CO)C(=O)OCCCCCCCCCCCCCCCCCC. The molecule has 260 valence electrons. The van der Waals surface area contributed by atoms with E-state index < -0.39 is 18.6 Å². The molecule has 0 saturated heterocycles. The first-order valence-corrected chi connectivity index (χ1v) is 19.4. The molecule has 0 aliphatic carbocycles. The van der Waals surface area contributed by atoms with Gasteiger partial charge in [-0.3, -0.25) is 4.79 Å². The third-order valence-corrected chi connectivity index (χ3v) is 8.71. The predicted molar refractivity (Wildman–Crippen MR) is 189 cm³/mol. The minimum absolute atomic E-state index is 0.180. The quantitative estimate of drug-likeness (QED) is 0.0419. The Morgan fingerprint density at radius 2 is 0.909 bits per heavy atom. The van der Waals surface area contributed by atoms with Crippen LogP contribution in [0.1, 0.15) is 206 Å². The Balaban J connectivity index is 3.54. The average Bonchev–Trinajstić information content (AvgIpc) is 3.03. The van der Waals surface area contributed by atoms with Crippen molar-refractivity contribution in [2.75, 3.05) is 13.2 Å². The summed E-state index contributed by atoms with van der Waals surface area (Å²) in [5.74, 6) is -0.701. The third-order valence-electron chi connectivity index (χ3n) is 8.71. The number of nitrogens with one attached hydrogen (secondary N) is 1. The molecule has 0 spiro atoms. The second-order valence-corrected chi connectivity index (χ2v) is 13.1. The second kappa shape index (κ2) is 36.1. The van der Waals surface area contributed by atoms with E-state index in [1.807, 2.05) is 0 Å². The lowest BCUT2D eigenvalue weighted by molar-refractivity contribution is -0.149. The van der Waals surface area contributed by atoms with Gasteiger partial charge in [0.25, 0.3) is 0 Å². The molecule has 0 bridgehead atoms. The summed E-state index contributed by atoms with van der Waals surface area (Å²) in [6, 6.07) is -0.952. The first-order valence-electron chi connectivity index (χ1n) is 19.4. The number of amides is 1. The van der Waals surface area contributed by atoms with Gasteiger partial charge in [-0.15, -0.1) is 0 Å². The van der Waals surface area contributed by atoms with Crippen LogP contribution < -0.4 is 5.32 Å². The fourth-order valence-electron chi connectivity index (χ4n) is 5.73. The number of carbonyl (C=O) groups excluding carboxylic acids is 2. The lowest BCUT2D eigenvalue weighted by atomic mass is 10.0. The maximum atomic E-state index is 12.3. The fraction of sp³-hybridized carbons (Fsp3) is 0.897. The molecule has 44 heavy (non-hydrogen) atoms. The van der Waals surface area contributed by atoms with E-state index in [1.54, 1.807) is 0 Å². The Kier molecular flexibility index (Phi) is 35.0. The van der Waals surface area contributed by atoms with Gasteiger partial charge in [-0.1, -0.05) is 174 Å². The summed E-state index contributed by atoms with van der Waals surface area (Å²) in [6.45, 7) is 4.47. The lowest BCUT2D eigenvalue weighted by Crippen LogP contribution is -2.44. The van der Waals surface area contributed by atoms with E-state index in [2.05, 4.69) is 31.3 Å². The van der Waals surface area contributed by atoms with Crippen molar-refractivity contribution in [1.29, 1.82) is 0 Å². The minimum Gasteiger partial charge on any atom is -0.464 e. The van der Waals surface area contributed by atoms with E-state index in [0.29, 0.717) is 13.0 Å². The summed E-state index contributed by atoms with van der Waals surface area (Å²) < 4.78 is 5.33. The Hall–Kier alpha value is -1.36. The highest BCUT2D eigenvalue weighted by Gasteiger charge is 2.21. The highest BCUT2D eigenvalue weighted by Crippen LogP contribution is 2.14. The monoisotopic (exact) mass is 622 g/mol. The zero-order valence-electron chi connectivity index (χ0n) is 29.5. The number of hydrogen-bond acceptors (Lipinski definition) is 4.